The molecule has 7 heteroatoms. The average molecular weight is 475 g/mol. The van der Waals surface area contributed by atoms with E-state index in [1.165, 1.54) is 37.7 Å². The lowest BCUT2D eigenvalue weighted by Gasteiger charge is -2.36. The first-order valence-electron chi connectivity index (χ1n) is 13.4. The molecular formula is C28H38N6O. The number of likely N-dealkylation sites (tertiary alicyclic amines) is 1. The normalized spacial score (nSPS) is 19.4. The molecule has 5 heterocycles. The average Bonchev–Trinajstić information content (AvgIpc) is 3.20. The van der Waals surface area contributed by atoms with Crippen LogP contribution in [0.1, 0.15) is 80.4 Å². The van der Waals surface area contributed by atoms with Crippen LogP contribution < -0.4 is 4.90 Å². The number of hydrogen-bond donors (Lipinski definition) is 0. The highest BCUT2D eigenvalue weighted by Gasteiger charge is 2.27. The molecule has 0 bridgehead atoms. The van der Waals surface area contributed by atoms with Crippen LogP contribution in [0.25, 0.3) is 11.0 Å². The Kier molecular flexibility index (Phi) is 7.42. The molecular weight excluding hydrogens is 436 g/mol. The Morgan fingerprint density at radius 3 is 2.37 bits per heavy atom. The summed E-state index contributed by atoms with van der Waals surface area (Å²) in [4.78, 5) is 27.3. The maximum Gasteiger partial charge on any atom is 0.184 e. The number of carbonyl (C=O) groups is 1. The van der Waals surface area contributed by atoms with Gasteiger partial charge in [-0.2, -0.15) is 5.10 Å². The van der Waals surface area contributed by atoms with Crippen molar-refractivity contribution in [2.24, 2.45) is 13.0 Å². The molecule has 0 aromatic carbocycles. The van der Waals surface area contributed by atoms with Crippen LogP contribution in [0.5, 0.6) is 0 Å². The van der Waals surface area contributed by atoms with Crippen molar-refractivity contribution >= 4 is 22.6 Å². The van der Waals surface area contributed by atoms with Gasteiger partial charge in [-0.1, -0.05) is 19.3 Å². The zero-order valence-electron chi connectivity index (χ0n) is 21.2. The van der Waals surface area contributed by atoms with E-state index in [1.54, 1.807) is 4.68 Å². The second-order valence-electron chi connectivity index (χ2n) is 10.3. The first-order valence-corrected chi connectivity index (χ1v) is 13.4. The maximum absolute atomic E-state index is 13.3. The third-order valence-electron chi connectivity index (χ3n) is 7.98. The topological polar surface area (TPSA) is 67.2 Å². The van der Waals surface area contributed by atoms with Gasteiger partial charge < -0.3 is 4.90 Å². The van der Waals surface area contributed by atoms with Gasteiger partial charge >= 0.3 is 0 Å². The van der Waals surface area contributed by atoms with E-state index in [0.717, 1.165) is 55.9 Å². The molecule has 0 amide bonds. The number of anilines is 1. The highest BCUT2D eigenvalue weighted by molar-refractivity contribution is 6.05. The molecule has 35 heavy (non-hydrogen) atoms. The van der Waals surface area contributed by atoms with Gasteiger partial charge in [-0.25, -0.2) is 9.67 Å². The zero-order chi connectivity index (χ0) is 24.2. The molecule has 5 rings (SSSR count). The second-order valence-corrected chi connectivity index (χ2v) is 10.3. The number of nitrogens with zero attached hydrogens (tertiary/aromatic N) is 6. The van der Waals surface area contributed by atoms with Crippen LogP contribution in [-0.4, -0.2) is 56.6 Å². The number of pyridine rings is 2. The number of fused-ring (bicyclic) bond motifs is 1. The van der Waals surface area contributed by atoms with Crippen molar-refractivity contribution in [1.82, 2.24) is 24.6 Å². The highest BCUT2D eigenvalue weighted by Crippen LogP contribution is 2.30. The summed E-state index contributed by atoms with van der Waals surface area (Å²) in [6.45, 7) is 6.41. The van der Waals surface area contributed by atoms with Gasteiger partial charge in [-0.15, -0.1) is 0 Å². The molecule has 0 saturated carbocycles. The Morgan fingerprint density at radius 2 is 1.66 bits per heavy atom. The van der Waals surface area contributed by atoms with Crippen LogP contribution in [0, 0.1) is 5.92 Å². The number of Topliss-reactive ketones (excluding diaryl/α,β-unsaturated/α-hetero) is 1. The highest BCUT2D eigenvalue weighted by atomic mass is 16.1. The predicted octanol–water partition coefficient (Wildman–Crippen LogP) is 5.18. The van der Waals surface area contributed by atoms with Gasteiger partial charge in [0.25, 0.3) is 0 Å². The van der Waals surface area contributed by atoms with E-state index in [-0.39, 0.29) is 5.78 Å². The van der Waals surface area contributed by atoms with Crippen molar-refractivity contribution in [3.63, 3.8) is 0 Å². The van der Waals surface area contributed by atoms with Crippen molar-refractivity contribution in [2.45, 2.75) is 64.3 Å². The molecule has 1 unspecified atom stereocenters. The Balaban J connectivity index is 1.23. The number of aromatic nitrogens is 4. The maximum atomic E-state index is 13.3. The van der Waals surface area contributed by atoms with Crippen LogP contribution in [0.2, 0.25) is 0 Å². The lowest BCUT2D eigenvalue weighted by atomic mass is 9.89. The number of rotatable bonds is 6. The summed E-state index contributed by atoms with van der Waals surface area (Å²) in [5.74, 6) is 1.57. The van der Waals surface area contributed by atoms with Gasteiger partial charge in [0.2, 0.25) is 0 Å². The molecule has 0 N–H and O–H groups in total. The van der Waals surface area contributed by atoms with Crippen LogP contribution >= 0.6 is 0 Å². The fourth-order valence-corrected chi connectivity index (χ4v) is 5.74. The molecule has 0 spiro atoms. The van der Waals surface area contributed by atoms with E-state index in [1.807, 2.05) is 19.4 Å². The number of hydrogen-bond acceptors (Lipinski definition) is 6. The van der Waals surface area contributed by atoms with Gasteiger partial charge in [-0.05, 0) is 81.4 Å². The Bertz CT molecular complexity index is 1130. The molecule has 2 saturated heterocycles. The Morgan fingerprint density at radius 1 is 0.971 bits per heavy atom. The van der Waals surface area contributed by atoms with Gasteiger partial charge in [-0.3, -0.25) is 14.7 Å². The van der Waals surface area contributed by atoms with Gasteiger partial charge in [0.1, 0.15) is 11.5 Å². The van der Waals surface area contributed by atoms with Crippen LogP contribution in [0.4, 0.5) is 5.82 Å². The summed E-state index contributed by atoms with van der Waals surface area (Å²) in [5, 5.41) is 5.51. The van der Waals surface area contributed by atoms with Gasteiger partial charge in [0.15, 0.2) is 11.4 Å². The summed E-state index contributed by atoms with van der Waals surface area (Å²) >= 11 is 0. The lowest BCUT2D eigenvalue weighted by Crippen LogP contribution is -2.36. The third-order valence-corrected chi connectivity index (χ3v) is 7.98. The zero-order valence-corrected chi connectivity index (χ0v) is 21.2. The molecule has 0 radical (unpaired) electrons. The Labute approximate surface area is 208 Å². The summed E-state index contributed by atoms with van der Waals surface area (Å²) in [7, 11) is 1.91. The minimum absolute atomic E-state index is 0.150. The summed E-state index contributed by atoms with van der Waals surface area (Å²) < 4.78 is 1.79. The minimum atomic E-state index is 0.150. The first kappa shape index (κ1) is 23.9. The molecule has 3 aromatic rings. The van der Waals surface area contributed by atoms with Crippen molar-refractivity contribution in [1.29, 1.82) is 0 Å². The molecule has 186 valence electrons. The quantitative estimate of drug-likeness (QED) is 0.459. The lowest BCUT2D eigenvalue weighted by molar-refractivity contribution is 0.0901. The van der Waals surface area contributed by atoms with E-state index in [0.29, 0.717) is 24.1 Å². The van der Waals surface area contributed by atoms with Crippen molar-refractivity contribution in [3.8, 4) is 0 Å². The first-order chi connectivity index (χ1) is 17.1. The fraction of sp³-hybridized carbons (Fsp3) is 0.571. The van der Waals surface area contributed by atoms with Crippen molar-refractivity contribution < 1.29 is 4.79 Å². The monoisotopic (exact) mass is 474 g/mol. The fourth-order valence-electron chi connectivity index (χ4n) is 5.74. The van der Waals surface area contributed by atoms with E-state index in [4.69, 9.17) is 4.98 Å². The van der Waals surface area contributed by atoms with E-state index >= 15 is 0 Å². The minimum Gasteiger partial charge on any atom is -0.357 e. The molecule has 7 nitrogen and oxygen atoms in total. The van der Waals surface area contributed by atoms with Crippen LogP contribution in [-0.2, 0) is 7.05 Å². The third kappa shape index (κ3) is 5.40. The van der Waals surface area contributed by atoms with E-state index in [9.17, 15) is 4.79 Å². The van der Waals surface area contributed by atoms with Crippen LogP contribution in [0.15, 0.2) is 36.7 Å². The van der Waals surface area contributed by atoms with Crippen LogP contribution in [0.3, 0.4) is 0 Å². The number of piperidine rings is 1. The summed E-state index contributed by atoms with van der Waals surface area (Å²) in [5.41, 5.74) is 2.70. The van der Waals surface area contributed by atoms with Gasteiger partial charge in [0.05, 0.1) is 5.39 Å². The second kappa shape index (κ2) is 10.9. The standard InChI is InChI=1S/C28H38N6O/c1-21(23-10-14-29-15-11-23)33-18-12-22(13-19-33)20-25(35)27-24-8-9-26(30-28(24)32(2)31-27)34-16-6-4-3-5-7-17-34/h8-11,14-15,21-22H,3-7,12-13,16-20H2,1-2H3. The molecule has 3 aromatic heterocycles. The molecule has 2 fully saturated rings. The largest absolute Gasteiger partial charge is 0.357 e. The van der Waals surface area contributed by atoms with E-state index in [2.05, 4.69) is 51.1 Å². The molecule has 2 aliphatic rings. The summed E-state index contributed by atoms with van der Waals surface area (Å²) in [6.07, 6.45) is 12.8. The molecule has 2 aliphatic heterocycles. The Hall–Kier alpha value is -2.80. The SMILES string of the molecule is CC(c1ccncc1)N1CCC(CC(=O)c2nn(C)c3nc(N4CCCCCCC4)ccc23)CC1. The number of carbonyl (C=O) groups excluding carboxylic acids is 1. The van der Waals surface area contributed by atoms with E-state index < -0.39 is 0 Å². The number of aryl methyl sites for hydroxylation is 1. The molecule has 1 atom stereocenters. The number of ketones is 1. The molecule has 0 aliphatic carbocycles. The van der Waals surface area contributed by atoms with Gasteiger partial charge in [0, 0.05) is 45.0 Å². The predicted molar refractivity (Wildman–Crippen MR) is 140 cm³/mol. The smallest absolute Gasteiger partial charge is 0.184 e. The van der Waals surface area contributed by atoms with Crippen molar-refractivity contribution in [3.05, 3.63) is 47.9 Å². The van der Waals surface area contributed by atoms with Crippen molar-refractivity contribution in [2.75, 3.05) is 31.1 Å². The summed E-state index contributed by atoms with van der Waals surface area (Å²) in [6, 6.07) is 8.72.